The van der Waals surface area contributed by atoms with Crippen molar-refractivity contribution in [3.63, 3.8) is 0 Å². The fourth-order valence-corrected chi connectivity index (χ4v) is 2.23. The van der Waals surface area contributed by atoms with Crippen LogP contribution in [0.15, 0.2) is 18.3 Å². The van der Waals surface area contributed by atoms with Gasteiger partial charge in [-0.3, -0.25) is 0 Å². The van der Waals surface area contributed by atoms with Crippen LogP contribution in [0.25, 0.3) is 5.52 Å². The summed E-state index contributed by atoms with van der Waals surface area (Å²) < 4.78 is 2.25. The van der Waals surface area contributed by atoms with Crippen LogP contribution in [-0.2, 0) is 6.42 Å². The Kier molecular flexibility index (Phi) is 2.21. The summed E-state index contributed by atoms with van der Waals surface area (Å²) in [5, 5.41) is 0. The number of hydrogen-bond donors (Lipinski definition) is 1. The average molecular weight is 215 g/mol. The maximum Gasteiger partial charge on any atom is 0.116 e. The Balaban J connectivity index is 2.20. The summed E-state index contributed by atoms with van der Waals surface area (Å²) in [5.41, 5.74) is 9.33. The molecular weight excluding hydrogens is 198 g/mol. The normalized spacial score (nSPS) is 15.9. The van der Waals surface area contributed by atoms with Crippen LogP contribution >= 0.6 is 0 Å². The molecule has 0 spiro atoms. The van der Waals surface area contributed by atoms with E-state index in [1.807, 2.05) is 0 Å². The molecule has 0 aromatic carbocycles. The highest BCUT2D eigenvalue weighted by atomic mass is 15.0. The zero-order chi connectivity index (χ0) is 11.1. The topological polar surface area (TPSA) is 43.3 Å². The molecule has 3 nitrogen and oxygen atoms in total. The Morgan fingerprint density at radius 3 is 3.00 bits per heavy atom. The first-order valence-corrected chi connectivity index (χ1v) is 5.97. The SMILES string of the molecule is Cc1ccn2c(C3CC3)nc(CCN)c2c1. The summed E-state index contributed by atoms with van der Waals surface area (Å²) in [6.07, 6.45) is 5.59. The van der Waals surface area contributed by atoms with Crippen molar-refractivity contribution >= 4 is 5.52 Å². The van der Waals surface area contributed by atoms with Gasteiger partial charge in [0, 0.05) is 18.5 Å². The van der Waals surface area contributed by atoms with Crippen LogP contribution in [0.5, 0.6) is 0 Å². The molecular formula is C13H17N3. The van der Waals surface area contributed by atoms with Gasteiger partial charge in [0.2, 0.25) is 0 Å². The first kappa shape index (κ1) is 9.85. The predicted octanol–water partition coefficient (Wildman–Crippen LogP) is 2.02. The molecule has 0 unspecified atom stereocenters. The third kappa shape index (κ3) is 1.52. The fraction of sp³-hybridized carbons (Fsp3) is 0.462. The summed E-state index contributed by atoms with van der Waals surface area (Å²) in [6, 6.07) is 4.36. The fourth-order valence-electron chi connectivity index (χ4n) is 2.23. The van der Waals surface area contributed by atoms with Crippen LogP contribution in [0, 0.1) is 6.92 Å². The van der Waals surface area contributed by atoms with Crippen molar-refractivity contribution in [3.05, 3.63) is 35.4 Å². The molecule has 3 rings (SSSR count). The van der Waals surface area contributed by atoms with Crippen LogP contribution in [0.4, 0.5) is 0 Å². The van der Waals surface area contributed by atoms with Crippen molar-refractivity contribution in [2.45, 2.75) is 32.1 Å². The number of aromatic nitrogens is 2. The quantitative estimate of drug-likeness (QED) is 0.851. The summed E-state index contributed by atoms with van der Waals surface area (Å²) in [5.74, 6) is 1.92. The smallest absolute Gasteiger partial charge is 0.116 e. The van der Waals surface area contributed by atoms with Gasteiger partial charge in [-0.25, -0.2) is 4.98 Å². The lowest BCUT2D eigenvalue weighted by Gasteiger charge is -2.00. The van der Waals surface area contributed by atoms with E-state index in [0.29, 0.717) is 12.5 Å². The van der Waals surface area contributed by atoms with Gasteiger partial charge in [-0.1, -0.05) is 0 Å². The van der Waals surface area contributed by atoms with Crippen molar-refractivity contribution in [2.75, 3.05) is 6.54 Å². The molecule has 1 aliphatic carbocycles. The number of nitrogens with two attached hydrogens (primary N) is 1. The lowest BCUT2D eigenvalue weighted by atomic mass is 10.2. The Hall–Kier alpha value is -1.35. The molecule has 0 radical (unpaired) electrons. The zero-order valence-electron chi connectivity index (χ0n) is 9.61. The Morgan fingerprint density at radius 1 is 1.50 bits per heavy atom. The summed E-state index contributed by atoms with van der Waals surface area (Å²) in [6.45, 7) is 2.79. The molecule has 3 heteroatoms. The van der Waals surface area contributed by atoms with Crippen molar-refractivity contribution in [2.24, 2.45) is 5.73 Å². The van der Waals surface area contributed by atoms with E-state index in [1.54, 1.807) is 0 Å². The summed E-state index contributed by atoms with van der Waals surface area (Å²) in [7, 11) is 0. The molecule has 2 N–H and O–H groups in total. The van der Waals surface area contributed by atoms with Crippen molar-refractivity contribution < 1.29 is 0 Å². The molecule has 2 aromatic heterocycles. The van der Waals surface area contributed by atoms with E-state index in [1.165, 1.54) is 29.7 Å². The Morgan fingerprint density at radius 2 is 2.31 bits per heavy atom. The van der Waals surface area contributed by atoms with E-state index in [2.05, 4.69) is 29.7 Å². The lowest BCUT2D eigenvalue weighted by Crippen LogP contribution is -2.03. The molecule has 0 atom stereocenters. The Bertz CT molecular complexity index is 523. The van der Waals surface area contributed by atoms with Crippen LogP contribution in [0.3, 0.4) is 0 Å². The Labute approximate surface area is 95.3 Å². The van der Waals surface area contributed by atoms with Crippen molar-refractivity contribution in [1.82, 2.24) is 9.38 Å². The van der Waals surface area contributed by atoms with E-state index in [-0.39, 0.29) is 0 Å². The molecule has 0 bridgehead atoms. The number of hydrogen-bond acceptors (Lipinski definition) is 2. The molecule has 84 valence electrons. The van der Waals surface area contributed by atoms with E-state index < -0.39 is 0 Å². The highest BCUT2D eigenvalue weighted by molar-refractivity contribution is 5.55. The average Bonchev–Trinajstić information content (AvgIpc) is 3.04. The van der Waals surface area contributed by atoms with E-state index in [9.17, 15) is 0 Å². The molecule has 0 saturated heterocycles. The van der Waals surface area contributed by atoms with Gasteiger partial charge in [-0.05, 0) is 44.0 Å². The van der Waals surface area contributed by atoms with Crippen LogP contribution in [0.1, 0.15) is 35.8 Å². The minimum Gasteiger partial charge on any atom is -0.330 e. The molecule has 2 heterocycles. The second-order valence-electron chi connectivity index (χ2n) is 4.69. The zero-order valence-corrected chi connectivity index (χ0v) is 9.61. The number of nitrogens with zero attached hydrogens (tertiary/aromatic N) is 2. The van der Waals surface area contributed by atoms with Gasteiger partial charge in [0.25, 0.3) is 0 Å². The van der Waals surface area contributed by atoms with Gasteiger partial charge in [0.05, 0.1) is 11.2 Å². The van der Waals surface area contributed by atoms with Gasteiger partial charge >= 0.3 is 0 Å². The lowest BCUT2D eigenvalue weighted by molar-refractivity contribution is 0.891. The van der Waals surface area contributed by atoms with Gasteiger partial charge in [-0.2, -0.15) is 0 Å². The highest BCUT2D eigenvalue weighted by Crippen LogP contribution is 2.40. The van der Waals surface area contributed by atoms with Crippen LogP contribution < -0.4 is 5.73 Å². The van der Waals surface area contributed by atoms with Crippen LogP contribution in [-0.4, -0.2) is 15.9 Å². The molecule has 0 aliphatic heterocycles. The monoisotopic (exact) mass is 215 g/mol. The van der Waals surface area contributed by atoms with Crippen LogP contribution in [0.2, 0.25) is 0 Å². The summed E-state index contributed by atoms with van der Waals surface area (Å²) in [4.78, 5) is 4.77. The summed E-state index contributed by atoms with van der Waals surface area (Å²) >= 11 is 0. The molecule has 16 heavy (non-hydrogen) atoms. The molecule has 1 aliphatic rings. The standard InChI is InChI=1S/C13H17N3/c1-9-5-7-16-12(8-9)11(4-6-14)15-13(16)10-2-3-10/h5,7-8,10H,2-4,6,14H2,1H3. The first-order valence-electron chi connectivity index (χ1n) is 5.97. The second-order valence-corrected chi connectivity index (χ2v) is 4.69. The molecule has 0 amide bonds. The number of imidazole rings is 1. The van der Waals surface area contributed by atoms with Gasteiger partial charge in [0.15, 0.2) is 0 Å². The highest BCUT2D eigenvalue weighted by Gasteiger charge is 2.28. The van der Waals surface area contributed by atoms with Gasteiger partial charge < -0.3 is 10.1 Å². The number of aryl methyl sites for hydroxylation is 1. The van der Waals surface area contributed by atoms with E-state index in [4.69, 9.17) is 10.7 Å². The van der Waals surface area contributed by atoms with E-state index in [0.717, 1.165) is 12.1 Å². The number of fused-ring (bicyclic) bond motifs is 1. The largest absolute Gasteiger partial charge is 0.330 e. The molecule has 1 saturated carbocycles. The minimum atomic E-state index is 0.671. The predicted molar refractivity (Wildman–Crippen MR) is 64.7 cm³/mol. The maximum absolute atomic E-state index is 5.64. The molecule has 1 fully saturated rings. The van der Waals surface area contributed by atoms with E-state index >= 15 is 0 Å². The third-order valence-electron chi connectivity index (χ3n) is 3.23. The third-order valence-corrected chi connectivity index (χ3v) is 3.23. The van der Waals surface area contributed by atoms with Gasteiger partial charge in [0.1, 0.15) is 5.82 Å². The maximum atomic E-state index is 5.64. The van der Waals surface area contributed by atoms with Crippen molar-refractivity contribution in [1.29, 1.82) is 0 Å². The molecule has 2 aromatic rings. The minimum absolute atomic E-state index is 0.671. The second kappa shape index (κ2) is 3.59. The first-order chi connectivity index (χ1) is 7.79. The van der Waals surface area contributed by atoms with Gasteiger partial charge in [-0.15, -0.1) is 0 Å². The number of rotatable bonds is 3. The number of pyridine rings is 1. The van der Waals surface area contributed by atoms with Crippen molar-refractivity contribution in [3.8, 4) is 0 Å².